The molecule has 96 valence electrons. The molecule has 0 saturated heterocycles. The summed E-state index contributed by atoms with van der Waals surface area (Å²) in [5.74, 6) is 0.932. The van der Waals surface area contributed by atoms with Gasteiger partial charge in [0.2, 0.25) is 0 Å². The molecule has 0 fully saturated rings. The fourth-order valence-corrected chi connectivity index (χ4v) is 2.22. The molecule has 4 nitrogen and oxygen atoms in total. The summed E-state index contributed by atoms with van der Waals surface area (Å²) in [7, 11) is 0. The standard InChI is InChI=1S/C15H15N3O/c1-8(2)11-5-10(17)7-14-15(11)18-12-4-3-9(16)6-13(12)19-14/h3-8,16H,17H2,1-2H3. The second kappa shape index (κ2) is 4.09. The van der Waals surface area contributed by atoms with Gasteiger partial charge >= 0.3 is 0 Å². The molecule has 3 N–H and O–H groups in total. The average molecular weight is 253 g/mol. The van der Waals surface area contributed by atoms with Crippen molar-refractivity contribution in [2.24, 2.45) is 0 Å². The molecule has 0 radical (unpaired) electrons. The van der Waals surface area contributed by atoms with Crippen LogP contribution in [-0.2, 0) is 0 Å². The van der Waals surface area contributed by atoms with Gasteiger partial charge in [-0.15, -0.1) is 0 Å². The molecule has 1 aliphatic carbocycles. The van der Waals surface area contributed by atoms with E-state index in [9.17, 15) is 0 Å². The van der Waals surface area contributed by atoms with Gasteiger partial charge < -0.3 is 15.6 Å². The van der Waals surface area contributed by atoms with Crippen molar-refractivity contribution >= 4 is 16.8 Å². The molecule has 0 aromatic heterocycles. The van der Waals surface area contributed by atoms with Gasteiger partial charge in [0.15, 0.2) is 11.3 Å². The third kappa shape index (κ3) is 1.95. The van der Waals surface area contributed by atoms with Crippen LogP contribution in [0.15, 0.2) is 34.7 Å². The quantitative estimate of drug-likeness (QED) is 0.516. The minimum atomic E-state index is 0.321. The van der Waals surface area contributed by atoms with E-state index in [0.717, 1.165) is 16.8 Å². The summed E-state index contributed by atoms with van der Waals surface area (Å²) < 4.78 is 5.84. The van der Waals surface area contributed by atoms with Crippen molar-refractivity contribution in [3.63, 3.8) is 0 Å². The Hall–Kier alpha value is -2.36. The minimum absolute atomic E-state index is 0.321. The van der Waals surface area contributed by atoms with Crippen molar-refractivity contribution in [2.75, 3.05) is 5.73 Å². The van der Waals surface area contributed by atoms with Crippen LogP contribution in [-0.4, -0.2) is 4.98 Å². The molecule has 1 aromatic rings. The molecule has 0 amide bonds. The molecule has 0 unspecified atom stereocenters. The summed E-state index contributed by atoms with van der Waals surface area (Å²) in [4.78, 5) is 4.65. The van der Waals surface area contributed by atoms with Crippen LogP contribution in [0.3, 0.4) is 0 Å². The third-order valence-electron chi connectivity index (χ3n) is 3.16. The predicted octanol–water partition coefficient (Wildman–Crippen LogP) is 3.12. The van der Waals surface area contributed by atoms with Crippen molar-refractivity contribution in [1.82, 2.24) is 4.98 Å². The van der Waals surface area contributed by atoms with Crippen LogP contribution in [0, 0.1) is 5.41 Å². The lowest BCUT2D eigenvalue weighted by Gasteiger charge is -2.12. The van der Waals surface area contributed by atoms with E-state index in [1.54, 1.807) is 24.3 Å². The predicted molar refractivity (Wildman–Crippen MR) is 75.0 cm³/mol. The molecular weight excluding hydrogens is 238 g/mol. The molecule has 4 heteroatoms. The topological polar surface area (TPSA) is 75.9 Å². The highest BCUT2D eigenvalue weighted by molar-refractivity contribution is 5.83. The number of nitrogens with two attached hydrogens (primary N) is 1. The van der Waals surface area contributed by atoms with E-state index in [1.807, 2.05) is 6.07 Å². The highest BCUT2D eigenvalue weighted by Gasteiger charge is 2.14. The van der Waals surface area contributed by atoms with Crippen molar-refractivity contribution in [3.8, 4) is 11.5 Å². The zero-order chi connectivity index (χ0) is 13.6. The third-order valence-corrected chi connectivity index (χ3v) is 3.16. The van der Waals surface area contributed by atoms with E-state index in [-0.39, 0.29) is 0 Å². The van der Waals surface area contributed by atoms with E-state index < -0.39 is 0 Å². The number of nitrogens with one attached hydrogen (secondary N) is 1. The van der Waals surface area contributed by atoms with E-state index >= 15 is 0 Å². The van der Waals surface area contributed by atoms with Crippen LogP contribution in [0.5, 0.6) is 0 Å². The van der Waals surface area contributed by atoms with Crippen molar-refractivity contribution in [1.29, 1.82) is 5.41 Å². The van der Waals surface area contributed by atoms with Crippen LogP contribution in [0.1, 0.15) is 25.3 Å². The van der Waals surface area contributed by atoms with Gasteiger partial charge in [-0.05, 0) is 29.7 Å². The fraction of sp³-hybridized carbons (Fsp3) is 0.200. The first-order valence-corrected chi connectivity index (χ1v) is 6.23. The largest absolute Gasteiger partial charge is 0.453 e. The van der Waals surface area contributed by atoms with Crippen LogP contribution in [0.4, 0.5) is 5.69 Å². The van der Waals surface area contributed by atoms with E-state index in [2.05, 4.69) is 18.8 Å². The smallest absolute Gasteiger partial charge is 0.155 e. The van der Waals surface area contributed by atoms with Gasteiger partial charge in [0, 0.05) is 17.8 Å². The summed E-state index contributed by atoms with van der Waals surface area (Å²) >= 11 is 0. The Morgan fingerprint density at radius 2 is 2.00 bits per heavy atom. The Labute approximate surface area is 110 Å². The Morgan fingerprint density at radius 3 is 2.74 bits per heavy atom. The van der Waals surface area contributed by atoms with Crippen LogP contribution < -0.4 is 11.1 Å². The monoisotopic (exact) mass is 253 g/mol. The van der Waals surface area contributed by atoms with Gasteiger partial charge in [-0.25, -0.2) is 4.98 Å². The maximum absolute atomic E-state index is 7.63. The van der Waals surface area contributed by atoms with Gasteiger partial charge in [-0.3, -0.25) is 0 Å². The minimum Gasteiger partial charge on any atom is -0.453 e. The number of benzene rings is 2. The van der Waals surface area contributed by atoms with Gasteiger partial charge in [-0.2, -0.15) is 0 Å². The number of fused-ring (bicyclic) bond motifs is 2. The average Bonchev–Trinajstić information content (AvgIpc) is 2.35. The molecule has 0 saturated carbocycles. The van der Waals surface area contributed by atoms with E-state index in [1.165, 1.54) is 0 Å². The van der Waals surface area contributed by atoms with Crippen molar-refractivity contribution in [3.05, 3.63) is 41.3 Å². The second-order valence-electron chi connectivity index (χ2n) is 5.01. The summed E-state index contributed by atoms with van der Waals surface area (Å²) in [6, 6.07) is 8.91. The Balaban J connectivity index is 2.45. The maximum Gasteiger partial charge on any atom is 0.155 e. The second-order valence-corrected chi connectivity index (χ2v) is 5.01. The molecule has 2 aliphatic rings. The lowest BCUT2D eigenvalue weighted by atomic mass is 10.0. The van der Waals surface area contributed by atoms with Gasteiger partial charge in [0.05, 0.1) is 5.36 Å². The first-order chi connectivity index (χ1) is 9.04. The van der Waals surface area contributed by atoms with Crippen LogP contribution >= 0.6 is 0 Å². The molecule has 0 atom stereocenters. The van der Waals surface area contributed by atoms with E-state index in [4.69, 9.17) is 15.6 Å². The first kappa shape index (κ1) is 11.7. The number of aromatic nitrogens is 1. The number of rotatable bonds is 1. The summed E-state index contributed by atoms with van der Waals surface area (Å²) in [6.07, 6.45) is 0. The number of hydrogen-bond acceptors (Lipinski definition) is 4. The Kier molecular flexibility index (Phi) is 2.52. The number of nitrogen functional groups attached to an aromatic ring is 1. The number of anilines is 1. The first-order valence-electron chi connectivity index (χ1n) is 6.23. The summed E-state index contributed by atoms with van der Waals surface area (Å²) in [6.45, 7) is 4.21. The number of hydrogen-bond donors (Lipinski definition) is 2. The SMILES string of the molecule is CC(C)c1cc(N)cc2oc3cc(=N)ccc-3nc12. The highest BCUT2D eigenvalue weighted by Crippen LogP contribution is 2.31. The molecule has 0 spiro atoms. The van der Waals surface area contributed by atoms with Crippen molar-refractivity contribution < 1.29 is 4.42 Å². The Morgan fingerprint density at radius 1 is 1.21 bits per heavy atom. The summed E-state index contributed by atoms with van der Waals surface area (Å²) in [5, 5.41) is 8.03. The lowest BCUT2D eigenvalue weighted by molar-refractivity contribution is 0.611. The molecule has 19 heavy (non-hydrogen) atoms. The van der Waals surface area contributed by atoms with Crippen LogP contribution in [0.25, 0.3) is 22.6 Å². The van der Waals surface area contributed by atoms with Crippen LogP contribution in [0.2, 0.25) is 0 Å². The van der Waals surface area contributed by atoms with Gasteiger partial charge in [0.1, 0.15) is 11.2 Å². The molecule has 1 aliphatic heterocycles. The fourth-order valence-electron chi connectivity index (χ4n) is 2.22. The zero-order valence-electron chi connectivity index (χ0n) is 10.9. The molecule has 1 heterocycles. The lowest BCUT2D eigenvalue weighted by Crippen LogP contribution is -2.02. The van der Waals surface area contributed by atoms with Crippen molar-refractivity contribution in [2.45, 2.75) is 19.8 Å². The zero-order valence-corrected chi connectivity index (χ0v) is 10.9. The Bertz CT molecular complexity index is 789. The molecule has 3 rings (SSSR count). The van der Waals surface area contributed by atoms with Gasteiger partial charge in [0.25, 0.3) is 0 Å². The highest BCUT2D eigenvalue weighted by atomic mass is 16.3. The molecule has 0 bridgehead atoms. The van der Waals surface area contributed by atoms with Gasteiger partial charge in [-0.1, -0.05) is 13.8 Å². The normalized spacial score (nSPS) is 11.5. The molecular formula is C15H15N3O. The van der Waals surface area contributed by atoms with E-state index in [0.29, 0.717) is 28.3 Å². The maximum atomic E-state index is 7.63. The molecule has 1 aromatic carbocycles. The number of nitrogens with zero attached hydrogens (tertiary/aromatic N) is 1. The summed E-state index contributed by atoms with van der Waals surface area (Å²) in [5.41, 5.74) is 9.93.